The molecule has 0 saturated carbocycles. The highest BCUT2D eigenvalue weighted by atomic mass is 16.1. The lowest BCUT2D eigenvalue weighted by Gasteiger charge is -2.27. The molecule has 82 valence electrons. The second-order valence-electron chi connectivity index (χ2n) is 3.36. The van der Waals surface area contributed by atoms with E-state index in [0.29, 0.717) is 18.6 Å². The summed E-state index contributed by atoms with van der Waals surface area (Å²) in [6.45, 7) is 5.76. The first-order valence-corrected chi connectivity index (χ1v) is 5.68. The Bertz CT molecular complexity index is 285. The molecule has 2 rings (SSSR count). The van der Waals surface area contributed by atoms with Crippen LogP contribution in [0.2, 0.25) is 0 Å². The van der Waals surface area contributed by atoms with Crippen molar-refractivity contribution in [2.75, 3.05) is 18.0 Å². The van der Waals surface area contributed by atoms with Gasteiger partial charge in [0.1, 0.15) is 5.78 Å². The number of benzene rings is 1. The maximum Gasteiger partial charge on any atom is 0.136 e. The van der Waals surface area contributed by atoms with Crippen LogP contribution in [0.4, 0.5) is 5.69 Å². The highest BCUT2D eigenvalue weighted by Gasteiger charge is 2.15. The fourth-order valence-corrected chi connectivity index (χ4v) is 1.65. The van der Waals surface area contributed by atoms with Crippen LogP contribution in [0, 0.1) is 0 Å². The van der Waals surface area contributed by atoms with Crippen molar-refractivity contribution >= 4 is 11.5 Å². The van der Waals surface area contributed by atoms with Gasteiger partial charge in [-0.25, -0.2) is 0 Å². The van der Waals surface area contributed by atoms with Gasteiger partial charge in [0.15, 0.2) is 0 Å². The number of rotatable bonds is 1. The molecule has 0 radical (unpaired) electrons. The van der Waals surface area contributed by atoms with E-state index in [4.69, 9.17) is 0 Å². The Kier molecular flexibility index (Phi) is 4.88. The minimum Gasteiger partial charge on any atom is -0.371 e. The molecule has 0 atom stereocenters. The van der Waals surface area contributed by atoms with Gasteiger partial charge >= 0.3 is 0 Å². The Morgan fingerprint density at radius 1 is 1.00 bits per heavy atom. The number of piperidine rings is 1. The van der Waals surface area contributed by atoms with Gasteiger partial charge in [0.25, 0.3) is 0 Å². The quantitative estimate of drug-likeness (QED) is 0.702. The number of anilines is 1. The van der Waals surface area contributed by atoms with E-state index in [-0.39, 0.29) is 0 Å². The van der Waals surface area contributed by atoms with Gasteiger partial charge in [-0.3, -0.25) is 4.79 Å². The second-order valence-corrected chi connectivity index (χ2v) is 3.36. The van der Waals surface area contributed by atoms with Crippen molar-refractivity contribution in [3.05, 3.63) is 30.3 Å². The molecule has 1 aromatic carbocycles. The third-order valence-corrected chi connectivity index (χ3v) is 2.44. The van der Waals surface area contributed by atoms with E-state index in [1.54, 1.807) is 0 Å². The van der Waals surface area contributed by atoms with Gasteiger partial charge < -0.3 is 4.90 Å². The van der Waals surface area contributed by atoms with Gasteiger partial charge in [-0.15, -0.1) is 0 Å². The molecule has 1 aliphatic rings. The molecule has 15 heavy (non-hydrogen) atoms. The molecule has 0 aromatic heterocycles. The maximum absolute atomic E-state index is 11.0. The molecule has 1 heterocycles. The van der Waals surface area contributed by atoms with Crippen molar-refractivity contribution in [2.24, 2.45) is 0 Å². The van der Waals surface area contributed by atoms with E-state index < -0.39 is 0 Å². The van der Waals surface area contributed by atoms with Crippen LogP contribution >= 0.6 is 0 Å². The number of hydrogen-bond acceptors (Lipinski definition) is 2. The Balaban J connectivity index is 0.000000531. The van der Waals surface area contributed by atoms with E-state index in [1.165, 1.54) is 5.69 Å². The van der Waals surface area contributed by atoms with E-state index in [2.05, 4.69) is 17.0 Å². The van der Waals surface area contributed by atoms with Crippen LogP contribution in [0.1, 0.15) is 26.7 Å². The largest absolute Gasteiger partial charge is 0.371 e. The van der Waals surface area contributed by atoms with Crippen LogP contribution in [0.15, 0.2) is 30.3 Å². The summed E-state index contributed by atoms with van der Waals surface area (Å²) in [5.74, 6) is 0.396. The van der Waals surface area contributed by atoms with Gasteiger partial charge in [0, 0.05) is 31.6 Å². The Labute approximate surface area is 91.9 Å². The van der Waals surface area contributed by atoms with Gasteiger partial charge in [-0.2, -0.15) is 0 Å². The van der Waals surface area contributed by atoms with Gasteiger partial charge in [-0.1, -0.05) is 32.0 Å². The van der Waals surface area contributed by atoms with E-state index in [1.807, 2.05) is 32.0 Å². The van der Waals surface area contributed by atoms with Gasteiger partial charge in [0.05, 0.1) is 0 Å². The maximum atomic E-state index is 11.0. The van der Waals surface area contributed by atoms with Crippen molar-refractivity contribution in [1.29, 1.82) is 0 Å². The van der Waals surface area contributed by atoms with Crippen LogP contribution in [-0.4, -0.2) is 18.9 Å². The SMILES string of the molecule is CC.O=C1CCN(c2ccccc2)CC1. The molecule has 0 unspecified atom stereocenters. The first kappa shape index (κ1) is 11.8. The molecule has 1 fully saturated rings. The topological polar surface area (TPSA) is 20.3 Å². The summed E-state index contributed by atoms with van der Waals surface area (Å²) in [6, 6.07) is 10.3. The molecular formula is C13H19NO. The predicted octanol–water partition coefficient (Wildman–Crippen LogP) is 2.88. The monoisotopic (exact) mass is 205 g/mol. The lowest BCUT2D eigenvalue weighted by atomic mass is 10.1. The number of carbonyl (C=O) groups excluding carboxylic acids is 1. The fourth-order valence-electron chi connectivity index (χ4n) is 1.65. The smallest absolute Gasteiger partial charge is 0.136 e. The molecule has 0 N–H and O–H groups in total. The van der Waals surface area contributed by atoms with Crippen LogP contribution in [-0.2, 0) is 4.79 Å². The first-order valence-electron chi connectivity index (χ1n) is 5.68. The molecule has 0 amide bonds. The minimum atomic E-state index is 0.396. The van der Waals surface area contributed by atoms with Crippen molar-refractivity contribution < 1.29 is 4.79 Å². The minimum absolute atomic E-state index is 0.396. The van der Waals surface area contributed by atoms with E-state index in [0.717, 1.165) is 13.1 Å². The zero-order valence-corrected chi connectivity index (χ0v) is 9.57. The summed E-state index contributed by atoms with van der Waals surface area (Å²) >= 11 is 0. The molecule has 0 aliphatic carbocycles. The number of hydrogen-bond donors (Lipinski definition) is 0. The van der Waals surface area contributed by atoms with Gasteiger partial charge in [-0.05, 0) is 12.1 Å². The van der Waals surface area contributed by atoms with Crippen LogP contribution < -0.4 is 4.90 Å². The molecule has 1 saturated heterocycles. The highest BCUT2D eigenvalue weighted by Crippen LogP contribution is 2.17. The molecule has 2 nitrogen and oxygen atoms in total. The summed E-state index contributed by atoms with van der Waals surface area (Å²) in [6.07, 6.45) is 1.41. The molecular weight excluding hydrogens is 186 g/mol. The zero-order chi connectivity index (χ0) is 11.1. The lowest BCUT2D eigenvalue weighted by Crippen LogP contribution is -2.33. The number of nitrogens with zero attached hydrogens (tertiary/aromatic N) is 1. The van der Waals surface area contributed by atoms with E-state index >= 15 is 0 Å². The Hall–Kier alpha value is -1.31. The summed E-state index contributed by atoms with van der Waals surface area (Å²) in [5.41, 5.74) is 1.23. The third kappa shape index (κ3) is 3.39. The normalized spacial score (nSPS) is 15.6. The van der Waals surface area contributed by atoms with Crippen LogP contribution in [0.5, 0.6) is 0 Å². The summed E-state index contributed by atoms with van der Waals surface area (Å²) < 4.78 is 0. The lowest BCUT2D eigenvalue weighted by molar-refractivity contribution is -0.119. The second kappa shape index (κ2) is 6.23. The summed E-state index contributed by atoms with van der Waals surface area (Å²) in [4.78, 5) is 13.3. The Morgan fingerprint density at radius 2 is 1.53 bits per heavy atom. The summed E-state index contributed by atoms with van der Waals surface area (Å²) in [5, 5.41) is 0. The number of para-hydroxylation sites is 1. The average Bonchev–Trinajstić information content (AvgIpc) is 2.34. The number of Topliss-reactive ketones (excluding diaryl/α,β-unsaturated/α-hetero) is 1. The molecule has 1 aliphatic heterocycles. The van der Waals surface area contributed by atoms with Gasteiger partial charge in [0.2, 0.25) is 0 Å². The Morgan fingerprint density at radius 3 is 2.07 bits per heavy atom. The zero-order valence-electron chi connectivity index (χ0n) is 9.57. The van der Waals surface area contributed by atoms with Crippen molar-refractivity contribution in [3.8, 4) is 0 Å². The number of ketones is 1. The molecule has 1 aromatic rings. The van der Waals surface area contributed by atoms with Crippen LogP contribution in [0.25, 0.3) is 0 Å². The first-order chi connectivity index (χ1) is 7.36. The summed E-state index contributed by atoms with van der Waals surface area (Å²) in [7, 11) is 0. The van der Waals surface area contributed by atoms with E-state index in [9.17, 15) is 4.79 Å². The highest BCUT2D eigenvalue weighted by molar-refractivity contribution is 5.81. The number of carbonyl (C=O) groups is 1. The predicted molar refractivity (Wildman–Crippen MR) is 64.2 cm³/mol. The molecule has 0 bridgehead atoms. The van der Waals surface area contributed by atoms with Crippen molar-refractivity contribution in [2.45, 2.75) is 26.7 Å². The van der Waals surface area contributed by atoms with Crippen molar-refractivity contribution in [3.63, 3.8) is 0 Å². The fraction of sp³-hybridized carbons (Fsp3) is 0.462. The third-order valence-electron chi connectivity index (χ3n) is 2.44. The van der Waals surface area contributed by atoms with Crippen LogP contribution in [0.3, 0.4) is 0 Å². The molecule has 2 heteroatoms. The molecule has 0 spiro atoms. The standard InChI is InChI=1S/C11H13NO.C2H6/c13-11-6-8-12(9-7-11)10-4-2-1-3-5-10;1-2/h1-5H,6-9H2;1-2H3. The average molecular weight is 205 g/mol. The van der Waals surface area contributed by atoms with Crippen molar-refractivity contribution in [1.82, 2.24) is 0 Å².